The van der Waals surface area contributed by atoms with Gasteiger partial charge in [-0.3, -0.25) is 4.90 Å². The summed E-state index contributed by atoms with van der Waals surface area (Å²) in [6.45, 7) is 15.2. The summed E-state index contributed by atoms with van der Waals surface area (Å²) in [5, 5.41) is 3.38. The average Bonchev–Trinajstić information content (AvgIpc) is 2.44. The molecule has 0 aliphatic carbocycles. The van der Waals surface area contributed by atoms with Gasteiger partial charge in [0.15, 0.2) is 0 Å². The highest BCUT2D eigenvalue weighted by Gasteiger charge is 2.14. The Labute approximate surface area is 130 Å². The molecule has 3 nitrogen and oxygen atoms in total. The predicted octanol–water partition coefficient (Wildman–Crippen LogP) is 3.67. The van der Waals surface area contributed by atoms with Crippen molar-refractivity contribution in [1.29, 1.82) is 0 Å². The number of rotatable bonds is 9. The van der Waals surface area contributed by atoms with Crippen LogP contribution in [0.15, 0.2) is 18.2 Å². The summed E-state index contributed by atoms with van der Waals surface area (Å²) in [6.07, 6.45) is 0. The van der Waals surface area contributed by atoms with Gasteiger partial charge in [-0.15, -0.1) is 0 Å². The second-order valence-corrected chi connectivity index (χ2v) is 6.34. The normalized spacial score (nSPS) is 11.7. The van der Waals surface area contributed by atoms with Crippen molar-refractivity contribution in [2.24, 2.45) is 5.92 Å². The van der Waals surface area contributed by atoms with Gasteiger partial charge in [0.25, 0.3) is 0 Å². The molecule has 0 aromatic heterocycles. The highest BCUT2D eigenvalue weighted by Crippen LogP contribution is 2.23. The number of nitrogens with zero attached hydrogens (tertiary/aromatic N) is 1. The molecule has 0 unspecified atom stereocenters. The Morgan fingerprint density at radius 2 is 1.90 bits per heavy atom. The van der Waals surface area contributed by atoms with Crippen molar-refractivity contribution < 1.29 is 4.74 Å². The first-order chi connectivity index (χ1) is 9.97. The van der Waals surface area contributed by atoms with Gasteiger partial charge in [-0.2, -0.15) is 0 Å². The maximum Gasteiger partial charge on any atom is 0.123 e. The zero-order valence-electron chi connectivity index (χ0n) is 14.6. The molecule has 21 heavy (non-hydrogen) atoms. The minimum Gasteiger partial charge on any atom is -0.496 e. The number of methoxy groups -OCH3 is 1. The van der Waals surface area contributed by atoms with E-state index in [0.717, 1.165) is 31.9 Å². The minimum atomic E-state index is 0.537. The first-order valence-corrected chi connectivity index (χ1v) is 8.08. The van der Waals surface area contributed by atoms with Crippen molar-refractivity contribution in [2.75, 3.05) is 20.2 Å². The Kier molecular flexibility index (Phi) is 7.76. The number of hydrogen-bond acceptors (Lipinski definition) is 3. The van der Waals surface area contributed by atoms with Crippen molar-refractivity contribution in [3.63, 3.8) is 0 Å². The van der Waals surface area contributed by atoms with Gasteiger partial charge in [0.05, 0.1) is 7.11 Å². The summed E-state index contributed by atoms with van der Waals surface area (Å²) in [5.74, 6) is 1.66. The van der Waals surface area contributed by atoms with E-state index in [4.69, 9.17) is 4.74 Å². The molecule has 120 valence electrons. The molecule has 3 heteroatoms. The largest absolute Gasteiger partial charge is 0.496 e. The molecule has 0 saturated heterocycles. The minimum absolute atomic E-state index is 0.537. The Bertz CT molecular complexity index is 416. The van der Waals surface area contributed by atoms with Crippen molar-refractivity contribution in [2.45, 2.75) is 53.8 Å². The molecule has 0 amide bonds. The zero-order chi connectivity index (χ0) is 15.8. The van der Waals surface area contributed by atoms with Crippen LogP contribution in [0.4, 0.5) is 0 Å². The number of benzene rings is 1. The molecule has 0 atom stereocenters. The fourth-order valence-corrected chi connectivity index (χ4v) is 2.48. The molecule has 1 aromatic carbocycles. The van der Waals surface area contributed by atoms with Gasteiger partial charge in [0.2, 0.25) is 0 Å². The molecule has 1 rings (SSSR count). The summed E-state index contributed by atoms with van der Waals surface area (Å²) >= 11 is 0. The molecule has 0 radical (unpaired) electrons. The standard InChI is InChI=1S/C18H32N2O/c1-7-19-11-16-8-9-18(21-6)17(10-16)13-20(15(4)5)12-14(2)3/h8-10,14-15,19H,7,11-13H2,1-6H3. The van der Waals surface area contributed by atoms with Crippen LogP contribution in [0.5, 0.6) is 5.75 Å². The first-order valence-electron chi connectivity index (χ1n) is 8.08. The zero-order valence-corrected chi connectivity index (χ0v) is 14.6. The van der Waals surface area contributed by atoms with Crippen LogP contribution in [0, 0.1) is 5.92 Å². The fraction of sp³-hybridized carbons (Fsp3) is 0.667. The van der Waals surface area contributed by atoms with E-state index >= 15 is 0 Å². The number of hydrogen-bond donors (Lipinski definition) is 1. The highest BCUT2D eigenvalue weighted by atomic mass is 16.5. The lowest BCUT2D eigenvalue weighted by molar-refractivity contribution is 0.187. The smallest absolute Gasteiger partial charge is 0.123 e. The van der Waals surface area contributed by atoms with Crippen LogP contribution in [0.3, 0.4) is 0 Å². The molecule has 1 N–H and O–H groups in total. The van der Waals surface area contributed by atoms with E-state index in [1.807, 2.05) is 0 Å². The van der Waals surface area contributed by atoms with Crippen LogP contribution in [0.25, 0.3) is 0 Å². The van der Waals surface area contributed by atoms with Crippen LogP contribution in [0.1, 0.15) is 45.7 Å². The van der Waals surface area contributed by atoms with Crippen molar-refractivity contribution in [1.82, 2.24) is 10.2 Å². The summed E-state index contributed by atoms with van der Waals surface area (Å²) in [6, 6.07) is 7.05. The monoisotopic (exact) mass is 292 g/mol. The Hall–Kier alpha value is -1.06. The second kappa shape index (κ2) is 9.06. The van der Waals surface area contributed by atoms with Gasteiger partial charge in [-0.25, -0.2) is 0 Å². The third kappa shape index (κ3) is 6.06. The molecule has 0 aliphatic heterocycles. The van der Waals surface area contributed by atoms with Crippen LogP contribution in [0.2, 0.25) is 0 Å². The molecule has 1 aromatic rings. The summed E-state index contributed by atoms with van der Waals surface area (Å²) < 4.78 is 5.54. The van der Waals surface area contributed by atoms with Gasteiger partial charge in [0, 0.05) is 31.2 Å². The van der Waals surface area contributed by atoms with Gasteiger partial charge in [-0.05, 0) is 44.0 Å². The molecular formula is C18H32N2O. The van der Waals surface area contributed by atoms with Crippen molar-refractivity contribution in [3.05, 3.63) is 29.3 Å². The van der Waals surface area contributed by atoms with Gasteiger partial charge >= 0.3 is 0 Å². The lowest BCUT2D eigenvalue weighted by Gasteiger charge is -2.29. The van der Waals surface area contributed by atoms with Crippen LogP contribution in [-0.4, -0.2) is 31.1 Å². The van der Waals surface area contributed by atoms with Crippen molar-refractivity contribution >= 4 is 0 Å². The summed E-state index contributed by atoms with van der Waals surface area (Å²) in [5.41, 5.74) is 2.60. The third-order valence-corrected chi connectivity index (χ3v) is 3.63. The van der Waals surface area contributed by atoms with Gasteiger partial charge in [0.1, 0.15) is 5.75 Å². The Balaban J connectivity index is 2.91. The SMILES string of the molecule is CCNCc1ccc(OC)c(CN(CC(C)C)C(C)C)c1. The second-order valence-electron chi connectivity index (χ2n) is 6.34. The third-order valence-electron chi connectivity index (χ3n) is 3.63. The Morgan fingerprint density at radius 3 is 2.43 bits per heavy atom. The van der Waals surface area contributed by atoms with E-state index in [1.54, 1.807) is 7.11 Å². The molecule has 0 spiro atoms. The van der Waals surface area contributed by atoms with E-state index in [-0.39, 0.29) is 0 Å². The molecule has 0 bridgehead atoms. The molecule has 0 aliphatic rings. The van der Waals surface area contributed by atoms with Gasteiger partial charge in [-0.1, -0.05) is 26.8 Å². The molecule has 0 heterocycles. The highest BCUT2D eigenvalue weighted by molar-refractivity contribution is 5.37. The first kappa shape index (κ1) is 18.0. The van der Waals surface area contributed by atoms with E-state index in [0.29, 0.717) is 12.0 Å². The summed E-state index contributed by atoms with van der Waals surface area (Å²) in [4.78, 5) is 2.51. The fourth-order valence-electron chi connectivity index (χ4n) is 2.48. The maximum atomic E-state index is 5.54. The Morgan fingerprint density at radius 1 is 1.19 bits per heavy atom. The quantitative estimate of drug-likeness (QED) is 0.751. The van der Waals surface area contributed by atoms with Crippen LogP contribution < -0.4 is 10.1 Å². The van der Waals surface area contributed by atoms with E-state index in [1.165, 1.54) is 11.1 Å². The van der Waals surface area contributed by atoms with E-state index in [9.17, 15) is 0 Å². The average molecular weight is 292 g/mol. The molecule has 0 saturated carbocycles. The van der Waals surface area contributed by atoms with E-state index in [2.05, 4.69) is 63.0 Å². The number of nitrogens with one attached hydrogen (secondary N) is 1. The van der Waals surface area contributed by atoms with Crippen LogP contribution in [-0.2, 0) is 13.1 Å². The lowest BCUT2D eigenvalue weighted by atomic mass is 10.1. The van der Waals surface area contributed by atoms with E-state index < -0.39 is 0 Å². The van der Waals surface area contributed by atoms with Gasteiger partial charge < -0.3 is 10.1 Å². The van der Waals surface area contributed by atoms with Crippen LogP contribution >= 0.6 is 0 Å². The lowest BCUT2D eigenvalue weighted by Crippen LogP contribution is -2.33. The molecular weight excluding hydrogens is 260 g/mol. The van der Waals surface area contributed by atoms with Crippen molar-refractivity contribution in [3.8, 4) is 5.75 Å². The topological polar surface area (TPSA) is 24.5 Å². The maximum absolute atomic E-state index is 5.54. The predicted molar refractivity (Wildman–Crippen MR) is 90.8 cm³/mol. The summed E-state index contributed by atoms with van der Waals surface area (Å²) in [7, 11) is 1.75. The molecule has 0 fully saturated rings. The number of ether oxygens (including phenoxy) is 1.